The fourth-order valence-corrected chi connectivity index (χ4v) is 1.90. The van der Waals surface area contributed by atoms with E-state index in [4.69, 9.17) is 4.74 Å². The van der Waals surface area contributed by atoms with E-state index in [1.165, 1.54) is 24.3 Å². The summed E-state index contributed by atoms with van der Waals surface area (Å²) >= 11 is 0. The Morgan fingerprint density at radius 2 is 1.57 bits per heavy atom. The number of alkyl halides is 3. The lowest BCUT2D eigenvalue weighted by Crippen LogP contribution is -2.36. The first kappa shape index (κ1) is 17.6. The number of halogens is 3. The molecule has 0 spiro atoms. The molecule has 0 radical (unpaired) electrons. The van der Waals surface area contributed by atoms with Gasteiger partial charge >= 0.3 is 6.36 Å². The van der Waals surface area contributed by atoms with Crippen LogP contribution in [-0.4, -0.2) is 25.1 Å². The summed E-state index contributed by atoms with van der Waals surface area (Å²) in [6.07, 6.45) is -2.64. The van der Waals surface area contributed by atoms with Crippen LogP contribution >= 0.6 is 0 Å². The highest BCUT2D eigenvalue weighted by Crippen LogP contribution is 2.25. The summed E-state index contributed by atoms with van der Waals surface area (Å²) < 4.78 is 45.5. The van der Waals surface area contributed by atoms with Crippen molar-refractivity contribution in [1.82, 2.24) is 5.32 Å². The van der Waals surface area contributed by atoms with Gasteiger partial charge in [-0.15, -0.1) is 13.2 Å². The van der Waals surface area contributed by atoms with Gasteiger partial charge in [-0.3, -0.25) is 0 Å². The molecule has 6 heteroatoms. The molecule has 0 bridgehead atoms. The minimum atomic E-state index is -4.67. The Kier molecular flexibility index (Phi) is 6.81. The molecule has 1 atom stereocenters. The van der Waals surface area contributed by atoms with Crippen molar-refractivity contribution in [3.63, 3.8) is 0 Å². The van der Waals surface area contributed by atoms with Gasteiger partial charge in [-0.2, -0.15) is 0 Å². The molecule has 1 rings (SSSR count). The zero-order valence-corrected chi connectivity index (χ0v) is 12.5. The minimum Gasteiger partial charge on any atom is -0.489 e. The van der Waals surface area contributed by atoms with Gasteiger partial charge in [-0.25, -0.2) is 0 Å². The molecular weight excluding hydrogens is 283 g/mol. The van der Waals surface area contributed by atoms with Gasteiger partial charge in [0.15, 0.2) is 0 Å². The molecule has 1 N–H and O–H groups in total. The van der Waals surface area contributed by atoms with Crippen molar-refractivity contribution in [3.05, 3.63) is 24.3 Å². The van der Waals surface area contributed by atoms with Gasteiger partial charge in [0, 0.05) is 12.6 Å². The fourth-order valence-electron chi connectivity index (χ4n) is 1.90. The van der Waals surface area contributed by atoms with Crippen LogP contribution in [0.4, 0.5) is 13.2 Å². The number of nitrogens with one attached hydrogen (secondary N) is 1. The average Bonchev–Trinajstić information content (AvgIpc) is 2.40. The molecule has 0 saturated carbocycles. The fraction of sp³-hybridized carbons (Fsp3) is 0.600. The molecule has 0 aliphatic rings. The Labute approximate surface area is 123 Å². The predicted molar refractivity (Wildman–Crippen MR) is 75.6 cm³/mol. The van der Waals surface area contributed by atoms with Crippen molar-refractivity contribution in [2.75, 3.05) is 6.54 Å². The molecular formula is C15H22F3NO2. The van der Waals surface area contributed by atoms with Crippen molar-refractivity contribution < 1.29 is 22.6 Å². The largest absolute Gasteiger partial charge is 0.573 e. The summed E-state index contributed by atoms with van der Waals surface area (Å²) in [7, 11) is 0. The third-order valence-corrected chi connectivity index (χ3v) is 3.07. The highest BCUT2D eigenvalue weighted by molar-refractivity contribution is 5.31. The van der Waals surface area contributed by atoms with Gasteiger partial charge in [0.25, 0.3) is 0 Å². The summed E-state index contributed by atoms with van der Waals surface area (Å²) in [4.78, 5) is 0. The van der Waals surface area contributed by atoms with Gasteiger partial charge in [0.2, 0.25) is 0 Å². The van der Waals surface area contributed by atoms with E-state index in [1.54, 1.807) is 0 Å². The monoisotopic (exact) mass is 305 g/mol. The van der Waals surface area contributed by atoms with E-state index in [0.717, 1.165) is 12.8 Å². The van der Waals surface area contributed by atoms with E-state index >= 15 is 0 Å². The summed E-state index contributed by atoms with van der Waals surface area (Å²) in [6, 6.07) is 5.87. The SMILES string of the molecule is CCC(CC)NCC(C)Oc1ccc(OC(F)(F)F)cc1. The van der Waals surface area contributed by atoms with Gasteiger partial charge in [0.1, 0.15) is 17.6 Å². The van der Waals surface area contributed by atoms with Crippen LogP contribution in [0.15, 0.2) is 24.3 Å². The van der Waals surface area contributed by atoms with E-state index in [1.807, 2.05) is 6.92 Å². The van der Waals surface area contributed by atoms with E-state index in [0.29, 0.717) is 18.3 Å². The van der Waals surface area contributed by atoms with E-state index in [9.17, 15) is 13.2 Å². The zero-order valence-electron chi connectivity index (χ0n) is 12.5. The molecule has 0 aromatic heterocycles. The highest BCUT2D eigenvalue weighted by atomic mass is 19.4. The lowest BCUT2D eigenvalue weighted by Gasteiger charge is -2.20. The lowest BCUT2D eigenvalue weighted by atomic mass is 10.1. The number of hydrogen-bond donors (Lipinski definition) is 1. The summed E-state index contributed by atoms with van der Waals surface area (Å²) in [5, 5.41) is 3.38. The molecule has 0 amide bonds. The van der Waals surface area contributed by atoms with Crippen LogP contribution in [-0.2, 0) is 0 Å². The quantitative estimate of drug-likeness (QED) is 0.783. The molecule has 0 saturated heterocycles. The van der Waals surface area contributed by atoms with Gasteiger partial charge in [0.05, 0.1) is 0 Å². The molecule has 1 aromatic rings. The number of benzene rings is 1. The van der Waals surface area contributed by atoms with Crippen molar-refractivity contribution in [1.29, 1.82) is 0 Å². The first-order valence-corrected chi connectivity index (χ1v) is 7.09. The average molecular weight is 305 g/mol. The standard InChI is InChI=1S/C15H22F3NO2/c1-4-12(5-2)19-10-11(3)20-13-6-8-14(9-7-13)21-15(16,17)18/h6-9,11-12,19H,4-5,10H2,1-3H3. The van der Waals surface area contributed by atoms with Crippen molar-refractivity contribution >= 4 is 0 Å². The number of ether oxygens (including phenoxy) is 2. The van der Waals surface area contributed by atoms with E-state index < -0.39 is 6.36 Å². The van der Waals surface area contributed by atoms with E-state index in [2.05, 4.69) is 23.9 Å². The summed E-state index contributed by atoms with van der Waals surface area (Å²) in [6.45, 7) is 6.83. The Hall–Kier alpha value is -1.43. The molecule has 120 valence electrons. The maximum Gasteiger partial charge on any atom is 0.573 e. The third-order valence-electron chi connectivity index (χ3n) is 3.07. The van der Waals surface area contributed by atoms with Gasteiger partial charge in [-0.1, -0.05) is 13.8 Å². The third kappa shape index (κ3) is 7.22. The Morgan fingerprint density at radius 3 is 2.05 bits per heavy atom. The first-order valence-electron chi connectivity index (χ1n) is 7.09. The molecule has 21 heavy (non-hydrogen) atoms. The Morgan fingerprint density at radius 1 is 1.05 bits per heavy atom. The Bertz CT molecular complexity index is 402. The lowest BCUT2D eigenvalue weighted by molar-refractivity contribution is -0.274. The molecule has 0 heterocycles. The number of rotatable bonds is 8. The van der Waals surface area contributed by atoms with Crippen LogP contribution in [0.5, 0.6) is 11.5 Å². The minimum absolute atomic E-state index is 0.0695. The molecule has 0 fully saturated rings. The second kappa shape index (κ2) is 8.12. The number of hydrogen-bond acceptors (Lipinski definition) is 3. The van der Waals surface area contributed by atoms with Crippen LogP contribution in [0.1, 0.15) is 33.6 Å². The maximum atomic E-state index is 12.0. The smallest absolute Gasteiger partial charge is 0.489 e. The highest BCUT2D eigenvalue weighted by Gasteiger charge is 2.30. The Balaban J connectivity index is 2.44. The van der Waals surface area contributed by atoms with Crippen LogP contribution in [0.3, 0.4) is 0 Å². The van der Waals surface area contributed by atoms with Crippen LogP contribution in [0.25, 0.3) is 0 Å². The van der Waals surface area contributed by atoms with Gasteiger partial charge < -0.3 is 14.8 Å². The summed E-state index contributed by atoms with van der Waals surface area (Å²) in [5.74, 6) is 0.265. The molecule has 1 unspecified atom stereocenters. The molecule has 1 aromatic carbocycles. The molecule has 0 aliphatic heterocycles. The molecule has 3 nitrogen and oxygen atoms in total. The van der Waals surface area contributed by atoms with Crippen LogP contribution < -0.4 is 14.8 Å². The topological polar surface area (TPSA) is 30.5 Å². The maximum absolute atomic E-state index is 12.0. The van der Waals surface area contributed by atoms with Gasteiger partial charge in [-0.05, 0) is 44.0 Å². The normalized spacial score (nSPS) is 13.3. The zero-order chi connectivity index (χ0) is 15.9. The van der Waals surface area contributed by atoms with Crippen molar-refractivity contribution in [3.8, 4) is 11.5 Å². The first-order chi connectivity index (χ1) is 9.84. The second-order valence-corrected chi connectivity index (χ2v) is 4.87. The summed E-state index contributed by atoms with van der Waals surface area (Å²) in [5.41, 5.74) is 0. The molecule has 0 aliphatic carbocycles. The van der Waals surface area contributed by atoms with E-state index in [-0.39, 0.29) is 11.9 Å². The second-order valence-electron chi connectivity index (χ2n) is 4.87. The van der Waals surface area contributed by atoms with Crippen molar-refractivity contribution in [2.45, 2.75) is 52.1 Å². The van der Waals surface area contributed by atoms with Crippen LogP contribution in [0, 0.1) is 0 Å². The van der Waals surface area contributed by atoms with Crippen molar-refractivity contribution in [2.24, 2.45) is 0 Å². The predicted octanol–water partition coefficient (Wildman–Crippen LogP) is 4.13. The van der Waals surface area contributed by atoms with Crippen LogP contribution in [0.2, 0.25) is 0 Å².